The van der Waals surface area contributed by atoms with E-state index in [4.69, 9.17) is 5.73 Å². The van der Waals surface area contributed by atoms with Gasteiger partial charge in [0.25, 0.3) is 0 Å². The molecular formula is C8H19NOY. The SMILES string of the molecule is CC(C)C.CC(C)C(N)=O.[Y]. The van der Waals surface area contributed by atoms with Gasteiger partial charge >= 0.3 is 0 Å². The van der Waals surface area contributed by atoms with Crippen molar-refractivity contribution < 1.29 is 37.5 Å². The van der Waals surface area contributed by atoms with E-state index < -0.39 is 0 Å². The Labute approximate surface area is 95.2 Å². The molecule has 0 saturated heterocycles. The van der Waals surface area contributed by atoms with Gasteiger partial charge in [-0.3, -0.25) is 4.79 Å². The second kappa shape index (κ2) is 10.6. The summed E-state index contributed by atoms with van der Waals surface area (Å²) in [6, 6.07) is 0. The third-order valence-corrected chi connectivity index (χ3v) is 0.569. The monoisotopic (exact) mass is 234 g/mol. The number of primary amides is 1. The molecule has 0 heterocycles. The summed E-state index contributed by atoms with van der Waals surface area (Å²) in [5.74, 6) is 0.583. The smallest absolute Gasteiger partial charge is 0.219 e. The van der Waals surface area contributed by atoms with Crippen molar-refractivity contribution in [2.24, 2.45) is 17.6 Å². The molecule has 0 aromatic rings. The van der Waals surface area contributed by atoms with Crippen LogP contribution in [-0.4, -0.2) is 5.91 Å². The van der Waals surface area contributed by atoms with Gasteiger partial charge in [-0.05, 0) is 5.92 Å². The Morgan fingerprint density at radius 1 is 1.09 bits per heavy atom. The summed E-state index contributed by atoms with van der Waals surface area (Å²) in [5.41, 5.74) is 4.80. The molecule has 1 radical (unpaired) electrons. The number of hydrogen-bond acceptors (Lipinski definition) is 1. The van der Waals surface area contributed by atoms with Crippen LogP contribution in [0.15, 0.2) is 0 Å². The Kier molecular flexibility index (Phi) is 16.9. The summed E-state index contributed by atoms with van der Waals surface area (Å²) in [7, 11) is 0. The van der Waals surface area contributed by atoms with Gasteiger partial charge in [-0.1, -0.05) is 34.6 Å². The third kappa shape index (κ3) is 37.2. The van der Waals surface area contributed by atoms with Gasteiger partial charge in [-0.2, -0.15) is 0 Å². The summed E-state index contributed by atoms with van der Waals surface area (Å²) in [5, 5.41) is 0. The summed E-state index contributed by atoms with van der Waals surface area (Å²) in [6.45, 7) is 10.0. The zero-order valence-corrected chi connectivity index (χ0v) is 11.1. The van der Waals surface area contributed by atoms with Crippen molar-refractivity contribution in [2.45, 2.75) is 34.6 Å². The van der Waals surface area contributed by atoms with Gasteiger partial charge in [0.1, 0.15) is 0 Å². The summed E-state index contributed by atoms with van der Waals surface area (Å²) in [6.07, 6.45) is 0. The summed E-state index contributed by atoms with van der Waals surface area (Å²) < 4.78 is 0. The molecule has 11 heavy (non-hydrogen) atoms. The van der Waals surface area contributed by atoms with Crippen LogP contribution in [0.4, 0.5) is 0 Å². The molecule has 1 amide bonds. The fourth-order valence-electron chi connectivity index (χ4n) is 0. The van der Waals surface area contributed by atoms with Gasteiger partial charge in [-0.25, -0.2) is 0 Å². The maximum Gasteiger partial charge on any atom is 0.219 e. The molecule has 0 aromatic carbocycles. The van der Waals surface area contributed by atoms with Crippen LogP contribution in [0.3, 0.4) is 0 Å². The van der Waals surface area contributed by atoms with E-state index in [0.29, 0.717) is 0 Å². The number of amides is 1. The number of carbonyl (C=O) groups excluding carboxylic acids is 1. The fraction of sp³-hybridized carbons (Fsp3) is 0.875. The van der Waals surface area contributed by atoms with Crippen molar-refractivity contribution in [3.63, 3.8) is 0 Å². The molecule has 0 aliphatic carbocycles. The molecular weight excluding hydrogens is 215 g/mol. The first-order chi connectivity index (χ1) is 4.37. The Hall–Kier alpha value is 0.574. The molecule has 0 unspecified atom stereocenters. The van der Waals surface area contributed by atoms with Gasteiger partial charge in [0, 0.05) is 38.6 Å². The average molecular weight is 234 g/mol. The number of rotatable bonds is 1. The van der Waals surface area contributed by atoms with Crippen molar-refractivity contribution in [3.05, 3.63) is 0 Å². The van der Waals surface area contributed by atoms with Crippen LogP contribution in [0, 0.1) is 11.8 Å². The number of hydrogen-bond donors (Lipinski definition) is 1. The molecule has 3 heteroatoms. The molecule has 0 atom stereocenters. The second-order valence-electron chi connectivity index (χ2n) is 3.29. The van der Waals surface area contributed by atoms with Gasteiger partial charge in [-0.15, -0.1) is 0 Å². The predicted octanol–water partition coefficient (Wildman–Crippen LogP) is 1.79. The second-order valence-corrected chi connectivity index (χ2v) is 3.29. The Bertz CT molecular complexity index is 89.3. The zero-order valence-electron chi connectivity index (χ0n) is 8.22. The van der Waals surface area contributed by atoms with Crippen LogP contribution >= 0.6 is 0 Å². The summed E-state index contributed by atoms with van der Waals surface area (Å²) in [4.78, 5) is 9.92. The molecule has 0 saturated carbocycles. The van der Waals surface area contributed by atoms with E-state index in [0.717, 1.165) is 5.92 Å². The normalized spacial score (nSPS) is 8.27. The Morgan fingerprint density at radius 2 is 1.18 bits per heavy atom. The van der Waals surface area contributed by atoms with E-state index in [9.17, 15) is 4.79 Å². The van der Waals surface area contributed by atoms with Crippen molar-refractivity contribution in [1.29, 1.82) is 0 Å². The van der Waals surface area contributed by atoms with Crippen LogP contribution in [-0.2, 0) is 37.5 Å². The molecule has 2 N–H and O–H groups in total. The maximum absolute atomic E-state index is 9.92. The first kappa shape index (κ1) is 17.6. The molecule has 2 nitrogen and oxygen atoms in total. The van der Waals surface area contributed by atoms with E-state index in [-0.39, 0.29) is 44.5 Å². The molecule has 0 aromatic heterocycles. The van der Waals surface area contributed by atoms with Crippen molar-refractivity contribution in [1.82, 2.24) is 0 Å². The molecule has 0 spiro atoms. The maximum atomic E-state index is 9.92. The minimum absolute atomic E-state index is 0. The molecule has 0 aliphatic rings. The Morgan fingerprint density at radius 3 is 1.18 bits per heavy atom. The number of nitrogens with two attached hydrogens (primary N) is 1. The first-order valence-electron chi connectivity index (χ1n) is 3.67. The molecule has 0 bridgehead atoms. The molecule has 0 fully saturated rings. The van der Waals surface area contributed by atoms with Crippen LogP contribution in [0.5, 0.6) is 0 Å². The van der Waals surface area contributed by atoms with E-state index >= 15 is 0 Å². The third-order valence-electron chi connectivity index (χ3n) is 0.569. The average Bonchev–Trinajstić information content (AvgIpc) is 1.63. The van der Waals surface area contributed by atoms with Gasteiger partial charge in [0.05, 0.1) is 0 Å². The quantitative estimate of drug-likeness (QED) is 0.738. The zero-order chi connectivity index (χ0) is 8.73. The minimum atomic E-state index is -0.241. The van der Waals surface area contributed by atoms with E-state index in [1.807, 2.05) is 0 Å². The molecule has 0 aliphatic heterocycles. The van der Waals surface area contributed by atoms with Crippen LogP contribution in [0.1, 0.15) is 34.6 Å². The van der Waals surface area contributed by atoms with Crippen molar-refractivity contribution >= 4 is 5.91 Å². The largest absolute Gasteiger partial charge is 0.369 e. The van der Waals surface area contributed by atoms with Crippen LogP contribution < -0.4 is 5.73 Å². The summed E-state index contributed by atoms with van der Waals surface area (Å²) >= 11 is 0. The van der Waals surface area contributed by atoms with Crippen LogP contribution in [0.2, 0.25) is 0 Å². The van der Waals surface area contributed by atoms with Gasteiger partial charge in [0.15, 0.2) is 0 Å². The fourth-order valence-corrected chi connectivity index (χ4v) is 0. The standard InChI is InChI=1S/C4H9NO.C4H10.Y/c1-3(2)4(5)6;1-4(2)3;/h3H,1-2H3,(H2,5,6);4H,1-3H3;. The predicted molar refractivity (Wildman–Crippen MR) is 44.5 cm³/mol. The Balaban J connectivity index is -0.000000114. The molecule has 0 rings (SSSR count). The molecule has 65 valence electrons. The van der Waals surface area contributed by atoms with E-state index in [2.05, 4.69) is 20.8 Å². The van der Waals surface area contributed by atoms with Crippen molar-refractivity contribution in [2.75, 3.05) is 0 Å². The minimum Gasteiger partial charge on any atom is -0.369 e. The first-order valence-corrected chi connectivity index (χ1v) is 3.67. The van der Waals surface area contributed by atoms with Crippen molar-refractivity contribution in [3.8, 4) is 0 Å². The van der Waals surface area contributed by atoms with Crippen LogP contribution in [0.25, 0.3) is 0 Å². The number of carbonyl (C=O) groups is 1. The van der Waals surface area contributed by atoms with E-state index in [1.165, 1.54) is 0 Å². The van der Waals surface area contributed by atoms with E-state index in [1.54, 1.807) is 13.8 Å². The van der Waals surface area contributed by atoms with Gasteiger partial charge in [0.2, 0.25) is 5.91 Å². The van der Waals surface area contributed by atoms with Gasteiger partial charge < -0.3 is 5.73 Å². The topological polar surface area (TPSA) is 43.1 Å².